The Balaban J connectivity index is 2.37. The van der Waals surface area contributed by atoms with Crippen molar-refractivity contribution >= 4 is 0 Å². The first kappa shape index (κ1) is 13.4. The van der Waals surface area contributed by atoms with Crippen molar-refractivity contribution in [1.29, 1.82) is 0 Å². The minimum Gasteiger partial charge on any atom is -0.396 e. The third-order valence-corrected chi connectivity index (χ3v) is 5.94. The molecule has 2 aliphatic rings. The second-order valence-corrected chi connectivity index (χ2v) is 7.53. The highest BCUT2D eigenvalue weighted by Gasteiger charge is 2.57. The van der Waals surface area contributed by atoms with Gasteiger partial charge in [0.25, 0.3) is 0 Å². The Morgan fingerprint density at radius 1 is 1.06 bits per heavy atom. The number of aliphatic hydroxyl groups excluding tert-OH is 1. The van der Waals surface area contributed by atoms with Gasteiger partial charge in [-0.25, -0.2) is 0 Å². The van der Waals surface area contributed by atoms with Gasteiger partial charge >= 0.3 is 0 Å². The van der Waals surface area contributed by atoms with Gasteiger partial charge in [0.15, 0.2) is 0 Å². The van der Waals surface area contributed by atoms with Crippen molar-refractivity contribution in [2.75, 3.05) is 6.61 Å². The van der Waals surface area contributed by atoms with Gasteiger partial charge < -0.3 is 10.2 Å². The number of aliphatic hydroxyl groups is 2. The van der Waals surface area contributed by atoms with Crippen LogP contribution in [0.2, 0.25) is 0 Å². The first-order valence-corrected chi connectivity index (χ1v) is 7.07. The van der Waals surface area contributed by atoms with Crippen LogP contribution in [-0.2, 0) is 0 Å². The summed E-state index contributed by atoms with van der Waals surface area (Å²) in [4.78, 5) is 0. The molecule has 0 radical (unpaired) electrons. The molecule has 0 heterocycles. The zero-order chi connectivity index (χ0) is 12.9. The topological polar surface area (TPSA) is 40.5 Å². The summed E-state index contributed by atoms with van der Waals surface area (Å²) in [5.41, 5.74) is -0.220. The van der Waals surface area contributed by atoms with Crippen LogP contribution in [0.3, 0.4) is 0 Å². The fourth-order valence-corrected chi connectivity index (χ4v) is 5.03. The van der Waals surface area contributed by atoms with E-state index in [0.29, 0.717) is 11.3 Å². The Labute approximate surface area is 105 Å². The molecule has 0 bridgehead atoms. The van der Waals surface area contributed by atoms with Crippen LogP contribution in [0.5, 0.6) is 0 Å². The first-order chi connectivity index (χ1) is 7.74. The molecule has 0 aromatic heterocycles. The van der Waals surface area contributed by atoms with Crippen LogP contribution < -0.4 is 0 Å². The lowest BCUT2D eigenvalue weighted by atomic mass is 9.46. The molecule has 2 aliphatic carbocycles. The third-order valence-electron chi connectivity index (χ3n) is 5.94. The van der Waals surface area contributed by atoms with Gasteiger partial charge in [-0.1, -0.05) is 27.2 Å². The summed E-state index contributed by atoms with van der Waals surface area (Å²) in [6.45, 7) is 9.06. The van der Waals surface area contributed by atoms with E-state index in [1.54, 1.807) is 0 Å². The molecule has 0 aliphatic heterocycles. The van der Waals surface area contributed by atoms with E-state index in [1.165, 1.54) is 12.8 Å². The Hall–Kier alpha value is -0.0800. The highest BCUT2D eigenvalue weighted by Crippen LogP contribution is 2.61. The molecule has 0 aromatic carbocycles. The average molecular weight is 240 g/mol. The normalized spacial score (nSPS) is 49.8. The monoisotopic (exact) mass is 240 g/mol. The molecule has 0 spiro atoms. The van der Waals surface area contributed by atoms with Crippen LogP contribution in [0.25, 0.3) is 0 Å². The quantitative estimate of drug-likeness (QED) is 0.740. The summed E-state index contributed by atoms with van der Waals surface area (Å²) in [7, 11) is 0. The van der Waals surface area contributed by atoms with E-state index in [4.69, 9.17) is 0 Å². The van der Waals surface area contributed by atoms with Crippen molar-refractivity contribution < 1.29 is 10.2 Å². The Bertz CT molecular complexity index is 283. The highest BCUT2D eigenvalue weighted by molar-refractivity contribution is 5.07. The highest BCUT2D eigenvalue weighted by atomic mass is 16.3. The zero-order valence-electron chi connectivity index (χ0n) is 11.8. The van der Waals surface area contributed by atoms with Crippen LogP contribution in [0.1, 0.15) is 59.8 Å². The van der Waals surface area contributed by atoms with Crippen molar-refractivity contribution in [3.63, 3.8) is 0 Å². The zero-order valence-corrected chi connectivity index (χ0v) is 11.8. The number of hydrogen-bond acceptors (Lipinski definition) is 2. The number of rotatable bonds is 1. The second kappa shape index (κ2) is 3.96. The van der Waals surface area contributed by atoms with E-state index >= 15 is 0 Å². The van der Waals surface area contributed by atoms with Crippen molar-refractivity contribution in [3.05, 3.63) is 0 Å². The van der Waals surface area contributed by atoms with E-state index < -0.39 is 5.60 Å². The molecule has 100 valence electrons. The number of fused-ring (bicyclic) bond motifs is 1. The Morgan fingerprint density at radius 2 is 1.71 bits per heavy atom. The molecule has 17 heavy (non-hydrogen) atoms. The molecule has 2 fully saturated rings. The molecule has 0 saturated heterocycles. The fraction of sp³-hybridized carbons (Fsp3) is 1.00. The van der Waals surface area contributed by atoms with Crippen LogP contribution in [0.15, 0.2) is 0 Å². The molecule has 4 atom stereocenters. The lowest BCUT2D eigenvalue weighted by Gasteiger charge is -2.60. The van der Waals surface area contributed by atoms with Gasteiger partial charge in [-0.2, -0.15) is 0 Å². The second-order valence-electron chi connectivity index (χ2n) is 7.53. The maximum absolute atomic E-state index is 10.5. The van der Waals surface area contributed by atoms with Gasteiger partial charge in [-0.15, -0.1) is 0 Å². The van der Waals surface area contributed by atoms with Crippen molar-refractivity contribution in [2.45, 2.75) is 65.4 Å². The minimum atomic E-state index is -0.687. The van der Waals surface area contributed by atoms with E-state index in [-0.39, 0.29) is 17.9 Å². The van der Waals surface area contributed by atoms with Gasteiger partial charge in [-0.3, -0.25) is 0 Å². The molecular formula is C15H28O2. The van der Waals surface area contributed by atoms with E-state index in [1.807, 2.05) is 6.92 Å². The molecule has 0 unspecified atom stereocenters. The molecule has 2 saturated carbocycles. The maximum Gasteiger partial charge on any atom is 0.0675 e. The van der Waals surface area contributed by atoms with Gasteiger partial charge in [0, 0.05) is 12.5 Å². The number of hydrogen-bond donors (Lipinski definition) is 2. The molecule has 0 aromatic rings. The first-order valence-electron chi connectivity index (χ1n) is 7.07. The smallest absolute Gasteiger partial charge is 0.0675 e. The van der Waals surface area contributed by atoms with Crippen LogP contribution >= 0.6 is 0 Å². The molecule has 2 rings (SSSR count). The fourth-order valence-electron chi connectivity index (χ4n) is 5.03. The maximum atomic E-state index is 10.5. The standard InChI is InChI=1S/C15H28O2/c1-13(2)7-5-8-14(3)11(13)6-9-15(4,17)12(14)10-16/h11-12,16-17H,5-10H2,1-4H3/t11-,12-,14+,15-/m1/s1. The van der Waals surface area contributed by atoms with Gasteiger partial charge in [0.1, 0.15) is 0 Å². The predicted molar refractivity (Wildman–Crippen MR) is 69.7 cm³/mol. The average Bonchev–Trinajstić information content (AvgIpc) is 2.14. The van der Waals surface area contributed by atoms with Crippen molar-refractivity contribution in [2.24, 2.45) is 22.7 Å². The van der Waals surface area contributed by atoms with Gasteiger partial charge in [-0.05, 0) is 49.4 Å². The summed E-state index contributed by atoms with van der Waals surface area (Å²) in [6.07, 6.45) is 5.61. The Morgan fingerprint density at radius 3 is 2.29 bits per heavy atom. The van der Waals surface area contributed by atoms with Crippen LogP contribution in [0, 0.1) is 22.7 Å². The van der Waals surface area contributed by atoms with Crippen LogP contribution in [0.4, 0.5) is 0 Å². The van der Waals surface area contributed by atoms with Gasteiger partial charge in [0.05, 0.1) is 5.60 Å². The van der Waals surface area contributed by atoms with Crippen LogP contribution in [-0.4, -0.2) is 22.4 Å². The van der Waals surface area contributed by atoms with Crippen molar-refractivity contribution in [3.8, 4) is 0 Å². The third kappa shape index (κ3) is 1.94. The van der Waals surface area contributed by atoms with E-state index in [2.05, 4.69) is 20.8 Å². The lowest BCUT2D eigenvalue weighted by molar-refractivity contribution is -0.178. The SMILES string of the molecule is CC1(C)CCC[C@@]2(C)[C@@H]1CC[C@@](C)(O)[C@@H]2CO. The molecule has 2 N–H and O–H groups in total. The summed E-state index contributed by atoms with van der Waals surface area (Å²) < 4.78 is 0. The lowest BCUT2D eigenvalue weighted by Crippen LogP contribution is -2.58. The molecule has 2 nitrogen and oxygen atoms in total. The summed E-state index contributed by atoms with van der Waals surface area (Å²) in [6, 6.07) is 0. The predicted octanol–water partition coefficient (Wildman–Crippen LogP) is 2.97. The molecule has 0 amide bonds. The molecular weight excluding hydrogens is 212 g/mol. The minimum absolute atomic E-state index is 0.0355. The van der Waals surface area contributed by atoms with Crippen molar-refractivity contribution in [1.82, 2.24) is 0 Å². The summed E-state index contributed by atoms with van der Waals surface area (Å²) in [5.74, 6) is 0.675. The largest absolute Gasteiger partial charge is 0.396 e. The van der Waals surface area contributed by atoms with Gasteiger partial charge in [0.2, 0.25) is 0 Å². The van der Waals surface area contributed by atoms with E-state index in [0.717, 1.165) is 19.3 Å². The molecule has 2 heteroatoms. The Kier molecular flexibility index (Phi) is 3.11. The van der Waals surface area contributed by atoms with E-state index in [9.17, 15) is 10.2 Å². The summed E-state index contributed by atoms with van der Waals surface area (Å²) >= 11 is 0. The summed E-state index contributed by atoms with van der Waals surface area (Å²) in [5, 5.41) is 20.3.